The fourth-order valence-corrected chi connectivity index (χ4v) is 7.23. The van der Waals surface area contributed by atoms with Crippen molar-refractivity contribution in [2.24, 2.45) is 5.41 Å². The molecule has 2 unspecified atom stereocenters. The first-order valence-corrected chi connectivity index (χ1v) is 13.2. The van der Waals surface area contributed by atoms with E-state index in [1.54, 1.807) is 14.2 Å². The van der Waals surface area contributed by atoms with Crippen LogP contribution in [0.1, 0.15) is 37.7 Å². The van der Waals surface area contributed by atoms with E-state index in [1.165, 1.54) is 5.56 Å². The van der Waals surface area contributed by atoms with Crippen molar-refractivity contribution < 1.29 is 32.3 Å². The third kappa shape index (κ3) is 4.21. The number of phosphoric acid groups is 1. The minimum Gasteiger partial charge on any atom is -0.493 e. The molecule has 3 aliphatic heterocycles. The smallest absolute Gasteiger partial charge is 0.493 e. The highest BCUT2D eigenvalue weighted by Crippen LogP contribution is 2.59. The van der Waals surface area contributed by atoms with Gasteiger partial charge in [0, 0.05) is 36.5 Å². The van der Waals surface area contributed by atoms with Gasteiger partial charge in [0.25, 0.3) is 0 Å². The van der Waals surface area contributed by atoms with E-state index >= 15 is 0 Å². The zero-order chi connectivity index (χ0) is 23.1. The molecule has 0 N–H and O–H groups in total. The molecule has 0 bridgehead atoms. The van der Waals surface area contributed by atoms with Gasteiger partial charge in [-0.3, -0.25) is 9.05 Å². The second-order valence-corrected chi connectivity index (χ2v) is 11.3. The number of benzene rings is 1. The second-order valence-electron chi connectivity index (χ2n) is 9.75. The molecule has 0 amide bonds. The highest BCUT2D eigenvalue weighted by Gasteiger charge is 2.51. The first-order chi connectivity index (χ1) is 15.9. The van der Waals surface area contributed by atoms with Crippen LogP contribution in [0.3, 0.4) is 0 Å². The van der Waals surface area contributed by atoms with Crippen LogP contribution in [-0.2, 0) is 28.3 Å². The topological polar surface area (TPSA) is 75.7 Å². The van der Waals surface area contributed by atoms with Crippen molar-refractivity contribution in [3.8, 4) is 11.5 Å². The van der Waals surface area contributed by atoms with E-state index in [-0.39, 0.29) is 16.9 Å². The van der Waals surface area contributed by atoms with E-state index in [4.69, 9.17) is 27.8 Å². The number of fused-ring (bicyclic) bond motifs is 1. The zero-order valence-corrected chi connectivity index (χ0v) is 20.6. The monoisotopic (exact) mass is 479 g/mol. The molecule has 2 atom stereocenters. The number of nitrogens with zero attached hydrogens (tertiary/aromatic N) is 1. The van der Waals surface area contributed by atoms with Gasteiger partial charge < -0.3 is 23.6 Å². The van der Waals surface area contributed by atoms with Gasteiger partial charge in [-0.1, -0.05) is 6.07 Å². The molecule has 0 aromatic heterocycles. The number of likely N-dealkylation sites (N-methyl/N-ethyl adjacent to an activating group) is 1. The van der Waals surface area contributed by atoms with Crippen molar-refractivity contribution in [2.45, 2.75) is 43.6 Å². The maximum absolute atomic E-state index is 13.2. The lowest BCUT2D eigenvalue weighted by Crippen LogP contribution is -2.43. The molecule has 0 saturated carbocycles. The van der Waals surface area contributed by atoms with Crippen LogP contribution in [0.25, 0.3) is 0 Å². The van der Waals surface area contributed by atoms with Gasteiger partial charge in [0.1, 0.15) is 5.76 Å². The van der Waals surface area contributed by atoms with Crippen LogP contribution in [0.15, 0.2) is 30.0 Å². The highest BCUT2D eigenvalue weighted by atomic mass is 31.2. The molecule has 8 nitrogen and oxygen atoms in total. The summed E-state index contributed by atoms with van der Waals surface area (Å²) in [5, 5.41) is 0. The Morgan fingerprint density at radius 3 is 2.48 bits per heavy atom. The van der Waals surface area contributed by atoms with Gasteiger partial charge in [-0.2, -0.15) is 0 Å². The van der Waals surface area contributed by atoms with Crippen LogP contribution in [0.4, 0.5) is 0 Å². The van der Waals surface area contributed by atoms with Crippen molar-refractivity contribution in [1.82, 2.24) is 4.90 Å². The van der Waals surface area contributed by atoms with Gasteiger partial charge in [0.2, 0.25) is 0 Å². The SMILES string of the molecule is COc1ccc(C23CC=C(OP4(=O)OCC5(CCOCC5)CO4)CC2N(C)CC3)cc1OC. The molecule has 1 aromatic carbocycles. The van der Waals surface area contributed by atoms with Gasteiger partial charge in [0.05, 0.1) is 27.4 Å². The number of hydrogen-bond donors (Lipinski definition) is 0. The summed E-state index contributed by atoms with van der Waals surface area (Å²) in [7, 11) is 1.84. The Balaban J connectivity index is 1.33. The lowest BCUT2D eigenvalue weighted by atomic mass is 9.68. The fourth-order valence-electron chi connectivity index (χ4n) is 5.75. The van der Waals surface area contributed by atoms with Crippen LogP contribution in [0.2, 0.25) is 0 Å². The third-order valence-corrected chi connectivity index (χ3v) is 9.32. The average Bonchev–Trinajstić information content (AvgIpc) is 3.18. The minimum absolute atomic E-state index is 0.0594. The van der Waals surface area contributed by atoms with Gasteiger partial charge in [-0.15, -0.1) is 0 Å². The number of allylic oxidation sites excluding steroid dienone is 1. The largest absolute Gasteiger partial charge is 0.529 e. The molecule has 3 saturated heterocycles. The zero-order valence-electron chi connectivity index (χ0n) is 19.7. The Bertz CT molecular complexity index is 946. The summed E-state index contributed by atoms with van der Waals surface area (Å²) < 4.78 is 47.1. The van der Waals surface area contributed by atoms with Crippen LogP contribution >= 0.6 is 7.82 Å². The Morgan fingerprint density at radius 2 is 1.79 bits per heavy atom. The molecule has 182 valence electrons. The summed E-state index contributed by atoms with van der Waals surface area (Å²) in [4.78, 5) is 2.36. The number of methoxy groups -OCH3 is 2. The Morgan fingerprint density at radius 1 is 1.06 bits per heavy atom. The van der Waals surface area contributed by atoms with Crippen LogP contribution in [-0.4, -0.2) is 65.2 Å². The molecule has 5 rings (SSSR count). The molecule has 0 radical (unpaired) electrons. The van der Waals surface area contributed by atoms with E-state index in [0.29, 0.717) is 38.6 Å². The molecule has 4 aliphatic rings. The number of likely N-dealkylation sites (tertiary alicyclic amines) is 1. The summed E-state index contributed by atoms with van der Waals surface area (Å²) in [5.41, 5.74) is 1.06. The fraction of sp³-hybridized carbons (Fsp3) is 0.667. The summed E-state index contributed by atoms with van der Waals surface area (Å²) >= 11 is 0. The first kappa shape index (κ1) is 23.2. The quantitative estimate of drug-likeness (QED) is 0.579. The summed E-state index contributed by atoms with van der Waals surface area (Å²) in [6.07, 6.45) is 6.25. The van der Waals surface area contributed by atoms with Crippen molar-refractivity contribution >= 4 is 7.82 Å². The molecule has 9 heteroatoms. The van der Waals surface area contributed by atoms with Crippen LogP contribution < -0.4 is 9.47 Å². The van der Waals surface area contributed by atoms with E-state index in [2.05, 4.69) is 30.2 Å². The van der Waals surface area contributed by atoms with E-state index < -0.39 is 7.82 Å². The molecule has 3 fully saturated rings. The normalized spacial score (nSPS) is 31.0. The van der Waals surface area contributed by atoms with Gasteiger partial charge >= 0.3 is 7.82 Å². The Hall–Kier alpha value is -1.57. The number of ether oxygens (including phenoxy) is 3. The maximum atomic E-state index is 13.2. The van der Waals surface area contributed by atoms with Crippen LogP contribution in [0.5, 0.6) is 11.5 Å². The first-order valence-electron chi connectivity index (χ1n) is 11.7. The number of hydrogen-bond acceptors (Lipinski definition) is 8. The number of phosphoric ester groups is 1. The third-order valence-electron chi connectivity index (χ3n) is 7.97. The Kier molecular flexibility index (Phi) is 6.25. The van der Waals surface area contributed by atoms with Crippen molar-refractivity contribution in [1.29, 1.82) is 0 Å². The molecule has 3 heterocycles. The average molecular weight is 480 g/mol. The second kappa shape index (κ2) is 8.90. The van der Waals surface area contributed by atoms with Gasteiger partial charge in [-0.25, -0.2) is 4.57 Å². The van der Waals surface area contributed by atoms with Gasteiger partial charge in [0.15, 0.2) is 11.5 Å². The molecule has 1 aromatic rings. The maximum Gasteiger partial charge on any atom is 0.529 e. The predicted octanol–water partition coefficient (Wildman–Crippen LogP) is 4.29. The molecule has 1 spiro atoms. The molecule has 1 aliphatic carbocycles. The molecular weight excluding hydrogens is 445 g/mol. The van der Waals surface area contributed by atoms with Gasteiger partial charge in [-0.05, 0) is 63.0 Å². The minimum atomic E-state index is -3.61. The van der Waals surface area contributed by atoms with Crippen molar-refractivity contribution in [3.63, 3.8) is 0 Å². The summed E-state index contributed by atoms with van der Waals surface area (Å²) in [6, 6.07) is 6.42. The standard InChI is InChI=1S/C24H34NO7P/c1-25-11-8-24(18-4-5-20(27-2)21(14-18)28-3)7-6-19(15-22(24)25)32-33(26)30-16-23(17-31-33)9-12-29-13-10-23/h4-6,14,22H,7-13,15-17H2,1-3H3. The highest BCUT2D eigenvalue weighted by molar-refractivity contribution is 7.48. The van der Waals surface area contributed by atoms with Crippen molar-refractivity contribution in [3.05, 3.63) is 35.6 Å². The number of rotatable bonds is 5. The molecule has 33 heavy (non-hydrogen) atoms. The predicted molar refractivity (Wildman–Crippen MR) is 123 cm³/mol. The van der Waals surface area contributed by atoms with E-state index in [0.717, 1.165) is 43.7 Å². The Labute approximate surface area is 195 Å². The summed E-state index contributed by atoms with van der Waals surface area (Å²) in [6.45, 7) is 3.14. The lowest BCUT2D eigenvalue weighted by Gasteiger charge is -2.43. The molecular formula is C24H34NO7P. The lowest BCUT2D eigenvalue weighted by molar-refractivity contribution is -0.0736. The van der Waals surface area contributed by atoms with Crippen LogP contribution in [0, 0.1) is 5.41 Å². The van der Waals surface area contributed by atoms with E-state index in [9.17, 15) is 4.57 Å². The summed E-state index contributed by atoms with van der Waals surface area (Å²) in [5.74, 6) is 2.15. The van der Waals surface area contributed by atoms with Crippen molar-refractivity contribution in [2.75, 3.05) is 54.2 Å². The van der Waals surface area contributed by atoms with E-state index in [1.807, 2.05) is 6.07 Å².